The van der Waals surface area contributed by atoms with Gasteiger partial charge in [-0.25, -0.2) is 4.39 Å². The van der Waals surface area contributed by atoms with Gasteiger partial charge in [-0.1, -0.05) is 47.4 Å². The molecule has 0 fully saturated rings. The minimum absolute atomic E-state index is 0.109. The first-order valence-corrected chi connectivity index (χ1v) is 10.5. The van der Waals surface area contributed by atoms with Gasteiger partial charge in [0.25, 0.3) is 0 Å². The summed E-state index contributed by atoms with van der Waals surface area (Å²) in [5.41, 5.74) is 1.89. The van der Waals surface area contributed by atoms with Crippen molar-refractivity contribution in [1.29, 1.82) is 0 Å². The van der Waals surface area contributed by atoms with E-state index >= 15 is 0 Å². The van der Waals surface area contributed by atoms with Gasteiger partial charge in [0.1, 0.15) is 5.82 Å². The highest BCUT2D eigenvalue weighted by Gasteiger charge is 2.19. The van der Waals surface area contributed by atoms with Gasteiger partial charge in [0, 0.05) is 12.1 Å². The molecule has 6 nitrogen and oxygen atoms in total. The van der Waals surface area contributed by atoms with Crippen LogP contribution < -0.4 is 10.6 Å². The van der Waals surface area contributed by atoms with Gasteiger partial charge in [-0.3, -0.25) is 9.59 Å². The summed E-state index contributed by atoms with van der Waals surface area (Å²) in [6.07, 6.45) is 0. The third kappa shape index (κ3) is 5.85. The van der Waals surface area contributed by atoms with Crippen LogP contribution in [0.4, 0.5) is 15.2 Å². The number of nitrogens with zero attached hydrogens (tertiary/aromatic N) is 2. The Morgan fingerprint density at radius 2 is 1.86 bits per heavy atom. The maximum atomic E-state index is 12.9. The van der Waals surface area contributed by atoms with Crippen molar-refractivity contribution in [2.24, 2.45) is 0 Å². The number of benzene rings is 2. The summed E-state index contributed by atoms with van der Waals surface area (Å²) < 4.78 is 13.6. The van der Waals surface area contributed by atoms with Gasteiger partial charge >= 0.3 is 0 Å². The van der Waals surface area contributed by atoms with Gasteiger partial charge in [0.05, 0.1) is 10.9 Å². The van der Waals surface area contributed by atoms with Gasteiger partial charge in [-0.2, -0.15) is 0 Å². The predicted molar refractivity (Wildman–Crippen MR) is 114 cm³/mol. The molecule has 3 aromatic rings. The summed E-state index contributed by atoms with van der Waals surface area (Å²) in [7, 11) is 0. The largest absolute Gasteiger partial charge is 0.356 e. The van der Waals surface area contributed by atoms with Crippen LogP contribution in [0.5, 0.6) is 0 Å². The van der Waals surface area contributed by atoms with Crippen LogP contribution in [-0.4, -0.2) is 27.1 Å². The number of ketones is 1. The molecule has 1 atom stereocenters. The van der Waals surface area contributed by atoms with E-state index in [1.54, 1.807) is 43.3 Å². The first-order chi connectivity index (χ1) is 13.9. The molecule has 2 N–H and O–H groups in total. The third-order valence-corrected chi connectivity index (χ3v) is 6.04. The smallest absolute Gasteiger partial charge is 0.237 e. The molecular weight excluding hydrogens is 411 g/mol. The van der Waals surface area contributed by atoms with Crippen molar-refractivity contribution in [3.63, 3.8) is 0 Å². The Morgan fingerprint density at radius 1 is 1.14 bits per heavy atom. The number of nitrogens with one attached hydrogen (secondary N) is 2. The van der Waals surface area contributed by atoms with E-state index in [1.807, 2.05) is 0 Å². The molecule has 1 unspecified atom stereocenters. The monoisotopic (exact) mass is 430 g/mol. The highest BCUT2D eigenvalue weighted by atomic mass is 32.2. The van der Waals surface area contributed by atoms with Crippen molar-refractivity contribution in [2.75, 3.05) is 10.6 Å². The second kappa shape index (κ2) is 9.62. The molecule has 0 aliphatic heterocycles. The molecule has 0 spiro atoms. The number of aromatic nitrogens is 2. The number of thioether (sulfide) groups is 1. The van der Waals surface area contributed by atoms with Crippen molar-refractivity contribution in [3.8, 4) is 0 Å². The van der Waals surface area contributed by atoms with Crippen molar-refractivity contribution >= 4 is 45.6 Å². The molecule has 0 radical (unpaired) electrons. The van der Waals surface area contributed by atoms with E-state index < -0.39 is 5.25 Å². The molecule has 9 heteroatoms. The number of anilines is 2. The highest BCUT2D eigenvalue weighted by molar-refractivity contribution is 8.02. The minimum atomic E-state index is -0.423. The van der Waals surface area contributed by atoms with Gasteiger partial charge in [-0.15, -0.1) is 10.2 Å². The lowest BCUT2D eigenvalue weighted by Gasteiger charge is -2.12. The van der Waals surface area contributed by atoms with Gasteiger partial charge in [0.2, 0.25) is 11.0 Å². The molecule has 0 bridgehead atoms. The number of hydrogen-bond donors (Lipinski definition) is 2. The maximum absolute atomic E-state index is 12.9. The third-order valence-electron chi connectivity index (χ3n) is 3.97. The number of carbonyl (C=O) groups excluding carboxylic acids is 2. The molecule has 29 heavy (non-hydrogen) atoms. The van der Waals surface area contributed by atoms with Crippen LogP contribution >= 0.6 is 23.1 Å². The summed E-state index contributed by atoms with van der Waals surface area (Å²) in [5, 5.41) is 14.3. The van der Waals surface area contributed by atoms with E-state index in [1.165, 1.54) is 42.2 Å². The fourth-order valence-electron chi connectivity index (χ4n) is 2.45. The van der Waals surface area contributed by atoms with E-state index in [-0.39, 0.29) is 17.5 Å². The number of carbonyl (C=O) groups is 2. The average Bonchev–Trinajstić information content (AvgIpc) is 3.15. The van der Waals surface area contributed by atoms with E-state index in [0.29, 0.717) is 27.3 Å². The molecule has 150 valence electrons. The summed E-state index contributed by atoms with van der Waals surface area (Å²) in [5.74, 6) is -0.608. The van der Waals surface area contributed by atoms with Crippen LogP contribution in [0.1, 0.15) is 29.8 Å². The van der Waals surface area contributed by atoms with Gasteiger partial charge in [-0.05, 0) is 43.7 Å². The Kier molecular flexibility index (Phi) is 6.95. The molecule has 3 rings (SSSR count). The molecule has 0 aliphatic carbocycles. The minimum Gasteiger partial charge on any atom is -0.356 e. The van der Waals surface area contributed by atoms with Crippen LogP contribution in [0.2, 0.25) is 0 Å². The molecule has 1 heterocycles. The second-order valence-electron chi connectivity index (χ2n) is 6.20. The lowest BCUT2D eigenvalue weighted by molar-refractivity contribution is -0.115. The van der Waals surface area contributed by atoms with E-state index in [4.69, 9.17) is 0 Å². The molecule has 2 aromatic carbocycles. The van der Waals surface area contributed by atoms with Gasteiger partial charge < -0.3 is 10.6 Å². The van der Waals surface area contributed by atoms with E-state index in [9.17, 15) is 14.0 Å². The van der Waals surface area contributed by atoms with Crippen LogP contribution in [0.25, 0.3) is 0 Å². The number of amides is 1. The zero-order valence-electron chi connectivity index (χ0n) is 15.8. The quantitative estimate of drug-likeness (QED) is 0.401. The van der Waals surface area contributed by atoms with Crippen LogP contribution in [0.3, 0.4) is 0 Å². The maximum Gasteiger partial charge on any atom is 0.237 e. The zero-order valence-corrected chi connectivity index (χ0v) is 17.4. The summed E-state index contributed by atoms with van der Waals surface area (Å²) >= 11 is 2.62. The van der Waals surface area contributed by atoms with Crippen molar-refractivity contribution < 1.29 is 14.0 Å². The SMILES string of the molecule is CC(=O)c1ccccc1NC(=O)C(C)Sc1nnc(NCc2ccc(F)cc2)s1. The number of hydrogen-bond acceptors (Lipinski definition) is 7. The number of halogens is 1. The Bertz CT molecular complexity index is 1010. The molecule has 1 amide bonds. The lowest BCUT2D eigenvalue weighted by atomic mass is 10.1. The van der Waals surface area contributed by atoms with Crippen LogP contribution in [0.15, 0.2) is 52.9 Å². The first kappa shape index (κ1) is 20.9. The number of Topliss-reactive ketones (excluding diaryl/α,β-unsaturated/α-hetero) is 1. The van der Waals surface area contributed by atoms with Crippen molar-refractivity contribution in [3.05, 3.63) is 65.5 Å². The Balaban J connectivity index is 1.55. The normalized spacial score (nSPS) is 11.7. The van der Waals surface area contributed by atoms with Crippen molar-refractivity contribution in [2.45, 2.75) is 30.0 Å². The molecule has 0 saturated carbocycles. The number of para-hydroxylation sites is 1. The predicted octanol–water partition coefficient (Wildman–Crippen LogP) is 4.61. The highest BCUT2D eigenvalue weighted by Crippen LogP contribution is 2.30. The fraction of sp³-hybridized carbons (Fsp3) is 0.200. The van der Waals surface area contributed by atoms with E-state index in [0.717, 1.165) is 5.56 Å². The Labute approximate surface area is 175 Å². The van der Waals surface area contributed by atoms with Crippen LogP contribution in [0, 0.1) is 5.82 Å². The van der Waals surface area contributed by atoms with Crippen molar-refractivity contribution in [1.82, 2.24) is 10.2 Å². The first-order valence-electron chi connectivity index (χ1n) is 8.81. The summed E-state index contributed by atoms with van der Waals surface area (Å²) in [6.45, 7) is 3.73. The molecular formula is C20H19FN4O2S2. The van der Waals surface area contributed by atoms with Gasteiger partial charge in [0.15, 0.2) is 10.1 Å². The van der Waals surface area contributed by atoms with E-state index in [2.05, 4.69) is 20.8 Å². The Morgan fingerprint density at radius 3 is 2.59 bits per heavy atom. The summed E-state index contributed by atoms with van der Waals surface area (Å²) in [4.78, 5) is 24.2. The topological polar surface area (TPSA) is 84.0 Å². The molecule has 0 aliphatic rings. The average molecular weight is 431 g/mol. The standard InChI is InChI=1S/C20H19FN4O2S2/c1-12(26)16-5-3-4-6-17(16)23-18(27)13(2)28-20-25-24-19(29-20)22-11-14-7-9-15(21)10-8-14/h3-10,13H,11H2,1-2H3,(H,22,24)(H,23,27). The zero-order chi connectivity index (χ0) is 20.8. The van der Waals surface area contributed by atoms with Crippen LogP contribution in [-0.2, 0) is 11.3 Å². The molecule has 0 saturated heterocycles. The second-order valence-corrected chi connectivity index (χ2v) is 8.77. The molecule has 1 aromatic heterocycles. The number of rotatable bonds is 8. The summed E-state index contributed by atoms with van der Waals surface area (Å²) in [6, 6.07) is 13.1. The Hall–Kier alpha value is -2.78. The fourth-order valence-corrected chi connectivity index (χ4v) is 4.34. The lowest BCUT2D eigenvalue weighted by Crippen LogP contribution is -2.23.